The van der Waals surface area contributed by atoms with E-state index in [1.165, 1.54) is 11.1 Å². The molecule has 1 aromatic rings. The van der Waals surface area contributed by atoms with E-state index in [1.807, 2.05) is 12.1 Å². The van der Waals surface area contributed by atoms with Crippen LogP contribution in [0.15, 0.2) is 24.3 Å². The van der Waals surface area contributed by atoms with Crippen LogP contribution in [-0.4, -0.2) is 24.8 Å². The first-order valence-electron chi connectivity index (χ1n) is 6.47. The third-order valence-corrected chi connectivity index (χ3v) is 3.98. The van der Waals surface area contributed by atoms with Crippen molar-refractivity contribution in [3.63, 3.8) is 0 Å². The Balaban J connectivity index is 2.16. The van der Waals surface area contributed by atoms with Crippen LogP contribution in [0.1, 0.15) is 30.4 Å². The second-order valence-corrected chi connectivity index (χ2v) is 5.13. The lowest BCUT2D eigenvalue weighted by Gasteiger charge is -2.34. The maximum absolute atomic E-state index is 11.6. The van der Waals surface area contributed by atoms with Crippen LogP contribution in [0, 0.1) is 5.41 Å². The van der Waals surface area contributed by atoms with E-state index >= 15 is 0 Å². The van der Waals surface area contributed by atoms with Gasteiger partial charge in [-0.05, 0) is 43.2 Å². The summed E-state index contributed by atoms with van der Waals surface area (Å²) in [6.45, 7) is 0.636. The fraction of sp³-hybridized carbons (Fsp3) is 0.533. The highest BCUT2D eigenvalue weighted by molar-refractivity contribution is 5.75. The summed E-state index contributed by atoms with van der Waals surface area (Å²) in [5.41, 5.74) is 1.91. The molecule has 0 aromatic heterocycles. The molecule has 1 atom stereocenters. The first-order valence-corrected chi connectivity index (χ1v) is 6.47. The van der Waals surface area contributed by atoms with E-state index in [9.17, 15) is 9.90 Å². The van der Waals surface area contributed by atoms with Crippen LogP contribution >= 0.6 is 0 Å². The highest BCUT2D eigenvalue weighted by atomic mass is 16.5. The summed E-state index contributed by atoms with van der Waals surface area (Å²) < 4.78 is 5.03. The molecule has 3 heteroatoms. The molecular formula is C15H20O3. The monoisotopic (exact) mass is 248 g/mol. The third kappa shape index (κ3) is 2.56. The summed E-state index contributed by atoms with van der Waals surface area (Å²) in [6.07, 6.45) is 3.77. The molecule has 3 nitrogen and oxygen atoms in total. The van der Waals surface area contributed by atoms with Crippen LogP contribution in [0.4, 0.5) is 0 Å². The number of carbonyl (C=O) groups is 1. The zero-order chi connectivity index (χ0) is 13.0. The van der Waals surface area contributed by atoms with Crippen LogP contribution in [0.5, 0.6) is 0 Å². The number of carboxylic acid groups (broad SMARTS) is 1. The van der Waals surface area contributed by atoms with Crippen LogP contribution in [0.25, 0.3) is 0 Å². The van der Waals surface area contributed by atoms with Gasteiger partial charge in [0.25, 0.3) is 0 Å². The lowest BCUT2D eigenvalue weighted by molar-refractivity contribution is -0.150. The van der Waals surface area contributed by atoms with Crippen LogP contribution in [0.3, 0.4) is 0 Å². The molecule has 0 fully saturated rings. The number of aryl methyl sites for hydroxylation is 1. The van der Waals surface area contributed by atoms with E-state index in [1.54, 1.807) is 7.11 Å². The van der Waals surface area contributed by atoms with Crippen LogP contribution < -0.4 is 0 Å². The van der Waals surface area contributed by atoms with Gasteiger partial charge in [-0.3, -0.25) is 4.79 Å². The number of fused-ring (bicyclic) bond motifs is 1. The van der Waals surface area contributed by atoms with E-state index < -0.39 is 11.4 Å². The fourth-order valence-electron chi connectivity index (χ4n) is 2.86. The Morgan fingerprint density at radius 1 is 1.39 bits per heavy atom. The van der Waals surface area contributed by atoms with Gasteiger partial charge in [0.2, 0.25) is 0 Å². The molecule has 0 aliphatic heterocycles. The Morgan fingerprint density at radius 2 is 2.11 bits per heavy atom. The summed E-state index contributed by atoms with van der Waals surface area (Å²) >= 11 is 0. The summed E-state index contributed by atoms with van der Waals surface area (Å²) in [7, 11) is 1.66. The highest BCUT2D eigenvalue weighted by Gasteiger charge is 2.40. The first-order chi connectivity index (χ1) is 8.68. The number of aliphatic carboxylic acids is 1. The van der Waals surface area contributed by atoms with Crippen molar-refractivity contribution in [2.24, 2.45) is 5.41 Å². The first kappa shape index (κ1) is 13.1. The molecular weight excluding hydrogens is 228 g/mol. The Kier molecular flexibility index (Phi) is 4.02. The molecule has 98 valence electrons. The number of hydrogen-bond acceptors (Lipinski definition) is 2. The Bertz CT molecular complexity index is 428. The second-order valence-electron chi connectivity index (χ2n) is 5.13. The van der Waals surface area contributed by atoms with Gasteiger partial charge in [0, 0.05) is 13.7 Å². The number of methoxy groups -OCH3 is 1. The minimum absolute atomic E-state index is 0.590. The van der Waals surface area contributed by atoms with Gasteiger partial charge in [-0.25, -0.2) is 0 Å². The largest absolute Gasteiger partial charge is 0.481 e. The normalized spacial score (nSPS) is 22.5. The summed E-state index contributed by atoms with van der Waals surface area (Å²) in [5, 5.41) is 9.57. The van der Waals surface area contributed by atoms with Gasteiger partial charge in [-0.1, -0.05) is 24.3 Å². The highest BCUT2D eigenvalue weighted by Crippen LogP contribution is 2.39. The minimum Gasteiger partial charge on any atom is -0.481 e. The zero-order valence-corrected chi connectivity index (χ0v) is 10.8. The predicted molar refractivity (Wildman–Crippen MR) is 69.6 cm³/mol. The van der Waals surface area contributed by atoms with E-state index in [2.05, 4.69) is 12.1 Å². The number of carboxylic acids is 1. The van der Waals surface area contributed by atoms with Crippen molar-refractivity contribution in [1.82, 2.24) is 0 Å². The number of benzene rings is 1. The smallest absolute Gasteiger partial charge is 0.309 e. The molecule has 1 N–H and O–H groups in total. The number of hydrogen-bond donors (Lipinski definition) is 1. The molecule has 0 saturated carbocycles. The molecule has 18 heavy (non-hydrogen) atoms. The zero-order valence-electron chi connectivity index (χ0n) is 10.8. The van der Waals surface area contributed by atoms with Crippen molar-refractivity contribution in [2.75, 3.05) is 13.7 Å². The summed E-state index contributed by atoms with van der Waals surface area (Å²) in [4.78, 5) is 11.6. The summed E-state index contributed by atoms with van der Waals surface area (Å²) in [6, 6.07) is 8.18. The standard InChI is InChI=1S/C15H20O3/c1-18-10-4-8-15(14(16)17)9-7-12-5-2-3-6-13(12)11-15/h2-3,5-6H,4,7-11H2,1H3,(H,16,17). The molecule has 0 saturated heterocycles. The van der Waals surface area contributed by atoms with Gasteiger partial charge in [-0.2, -0.15) is 0 Å². The number of rotatable bonds is 5. The third-order valence-electron chi connectivity index (χ3n) is 3.98. The molecule has 1 aliphatic carbocycles. The Labute approximate surface area is 108 Å². The summed E-state index contributed by atoms with van der Waals surface area (Å²) in [5.74, 6) is -0.659. The van der Waals surface area contributed by atoms with Gasteiger partial charge in [0.1, 0.15) is 0 Å². The lowest BCUT2D eigenvalue weighted by atomic mass is 9.69. The molecule has 1 unspecified atom stereocenters. The molecule has 0 bridgehead atoms. The predicted octanol–water partition coefficient (Wildman–Crippen LogP) is 2.67. The van der Waals surface area contributed by atoms with Gasteiger partial charge in [0.05, 0.1) is 5.41 Å². The van der Waals surface area contributed by atoms with Crippen molar-refractivity contribution < 1.29 is 14.6 Å². The SMILES string of the molecule is COCCCC1(C(=O)O)CCc2ccccc2C1. The average molecular weight is 248 g/mol. The van der Waals surface area contributed by atoms with Crippen molar-refractivity contribution >= 4 is 5.97 Å². The topological polar surface area (TPSA) is 46.5 Å². The van der Waals surface area contributed by atoms with Crippen molar-refractivity contribution in [3.05, 3.63) is 35.4 Å². The van der Waals surface area contributed by atoms with Crippen molar-refractivity contribution in [3.8, 4) is 0 Å². The van der Waals surface area contributed by atoms with E-state index in [4.69, 9.17) is 4.74 Å². The van der Waals surface area contributed by atoms with E-state index in [0.29, 0.717) is 19.4 Å². The van der Waals surface area contributed by atoms with Gasteiger partial charge in [-0.15, -0.1) is 0 Å². The van der Waals surface area contributed by atoms with Gasteiger partial charge < -0.3 is 9.84 Å². The quantitative estimate of drug-likeness (QED) is 0.815. The van der Waals surface area contributed by atoms with Crippen molar-refractivity contribution in [2.45, 2.75) is 32.1 Å². The molecule has 1 aliphatic rings. The molecule has 0 heterocycles. The van der Waals surface area contributed by atoms with Gasteiger partial charge >= 0.3 is 5.97 Å². The Morgan fingerprint density at radius 3 is 2.78 bits per heavy atom. The maximum Gasteiger partial charge on any atom is 0.309 e. The molecule has 0 amide bonds. The number of ether oxygens (including phenoxy) is 1. The minimum atomic E-state index is -0.659. The van der Waals surface area contributed by atoms with Crippen molar-refractivity contribution in [1.29, 1.82) is 0 Å². The molecule has 1 aromatic carbocycles. The van der Waals surface area contributed by atoms with Crippen LogP contribution in [-0.2, 0) is 22.4 Å². The Hall–Kier alpha value is -1.35. The molecule has 0 spiro atoms. The van der Waals surface area contributed by atoms with Crippen LogP contribution in [0.2, 0.25) is 0 Å². The second kappa shape index (κ2) is 5.53. The van der Waals surface area contributed by atoms with E-state index in [0.717, 1.165) is 19.3 Å². The lowest BCUT2D eigenvalue weighted by Crippen LogP contribution is -2.37. The maximum atomic E-state index is 11.6. The van der Waals surface area contributed by atoms with Gasteiger partial charge in [0.15, 0.2) is 0 Å². The fourth-order valence-corrected chi connectivity index (χ4v) is 2.86. The molecule has 2 rings (SSSR count). The molecule has 0 radical (unpaired) electrons. The van der Waals surface area contributed by atoms with E-state index in [-0.39, 0.29) is 0 Å². The average Bonchev–Trinajstić information content (AvgIpc) is 2.38.